The molecule has 10 heteroatoms. The molecule has 0 aromatic rings. The Bertz CT molecular complexity index is 445. The van der Waals surface area contributed by atoms with Gasteiger partial charge in [0.1, 0.15) is 5.78 Å². The maximum Gasteiger partial charge on any atom is 0.351 e. The highest BCUT2D eigenvalue weighted by atomic mass is 31.2. The summed E-state index contributed by atoms with van der Waals surface area (Å²) >= 11 is 0. The quantitative estimate of drug-likeness (QED) is 0.277. The van der Waals surface area contributed by atoms with Gasteiger partial charge in [-0.05, 0) is 31.7 Å². The lowest BCUT2D eigenvalue weighted by Crippen LogP contribution is -2.40. The van der Waals surface area contributed by atoms with Gasteiger partial charge in [0, 0.05) is 13.5 Å². The van der Waals surface area contributed by atoms with E-state index in [1.165, 1.54) is 7.11 Å². The van der Waals surface area contributed by atoms with Crippen molar-refractivity contribution in [3.05, 3.63) is 0 Å². The first-order valence-electron chi connectivity index (χ1n) is 7.87. The van der Waals surface area contributed by atoms with Crippen molar-refractivity contribution in [3.8, 4) is 0 Å². The molecule has 0 aliphatic carbocycles. The lowest BCUT2D eigenvalue weighted by atomic mass is 10.1. The first-order chi connectivity index (χ1) is 11.2. The Labute approximate surface area is 142 Å². The zero-order valence-electron chi connectivity index (χ0n) is 14.4. The molecule has 0 aromatic heterocycles. The number of unbranched alkanes of at least 4 members (excludes halogenated alkanes) is 1. The number of nitrogens with one attached hydrogen (secondary N) is 1. The van der Waals surface area contributed by atoms with Crippen molar-refractivity contribution in [2.24, 2.45) is 11.7 Å². The number of carbonyl (C=O) groups excluding carboxylic acids is 1. The van der Waals surface area contributed by atoms with Crippen LogP contribution in [0.5, 0.6) is 0 Å². The molecular weight excluding hydrogens is 339 g/mol. The SMILES string of the molecule is COCCC(=O)NC(C(C)C)P(=O)(O)OC(CCCCN)C(=O)O. The van der Waals surface area contributed by atoms with Crippen molar-refractivity contribution in [1.29, 1.82) is 0 Å². The Morgan fingerprint density at radius 1 is 1.29 bits per heavy atom. The van der Waals surface area contributed by atoms with Crippen LogP contribution in [0.15, 0.2) is 0 Å². The van der Waals surface area contributed by atoms with Gasteiger partial charge >= 0.3 is 13.6 Å². The van der Waals surface area contributed by atoms with E-state index in [0.29, 0.717) is 19.4 Å². The number of ether oxygens (including phenoxy) is 1. The molecule has 0 radical (unpaired) electrons. The maximum atomic E-state index is 12.5. The fraction of sp³-hybridized carbons (Fsp3) is 0.857. The summed E-state index contributed by atoms with van der Waals surface area (Å²) in [5, 5.41) is 11.6. The zero-order valence-corrected chi connectivity index (χ0v) is 15.3. The fourth-order valence-corrected chi connectivity index (χ4v) is 3.75. The van der Waals surface area contributed by atoms with Crippen molar-refractivity contribution in [2.75, 3.05) is 20.3 Å². The number of carboxylic acids is 1. The Morgan fingerprint density at radius 3 is 2.38 bits per heavy atom. The molecule has 0 bridgehead atoms. The van der Waals surface area contributed by atoms with Crippen LogP contribution in [0.25, 0.3) is 0 Å². The van der Waals surface area contributed by atoms with Crippen molar-refractivity contribution < 1.29 is 33.4 Å². The van der Waals surface area contributed by atoms with E-state index in [1.807, 2.05) is 0 Å². The number of hydrogen-bond donors (Lipinski definition) is 4. The number of nitrogens with two attached hydrogens (primary N) is 1. The number of hydrogen-bond acceptors (Lipinski definition) is 6. The molecule has 0 spiro atoms. The van der Waals surface area contributed by atoms with Gasteiger partial charge < -0.3 is 25.8 Å². The Balaban J connectivity index is 4.98. The van der Waals surface area contributed by atoms with Crippen molar-refractivity contribution in [1.82, 2.24) is 5.32 Å². The first kappa shape index (κ1) is 23.0. The Morgan fingerprint density at radius 2 is 1.92 bits per heavy atom. The van der Waals surface area contributed by atoms with Gasteiger partial charge in [-0.1, -0.05) is 13.8 Å². The van der Waals surface area contributed by atoms with Gasteiger partial charge in [-0.2, -0.15) is 0 Å². The summed E-state index contributed by atoms with van der Waals surface area (Å²) in [5.41, 5.74) is 5.35. The molecule has 3 unspecified atom stereocenters. The van der Waals surface area contributed by atoms with E-state index in [2.05, 4.69) is 5.32 Å². The van der Waals surface area contributed by atoms with Crippen molar-refractivity contribution in [3.63, 3.8) is 0 Å². The van der Waals surface area contributed by atoms with E-state index in [-0.39, 0.29) is 19.4 Å². The van der Waals surface area contributed by atoms with Gasteiger partial charge in [-0.25, -0.2) is 4.79 Å². The van der Waals surface area contributed by atoms with Gasteiger partial charge in [0.05, 0.1) is 6.61 Å². The van der Waals surface area contributed by atoms with Crippen LogP contribution in [-0.4, -0.2) is 54.0 Å². The number of carboxylic acid groups (broad SMARTS) is 1. The Hall–Kier alpha value is -0.990. The molecule has 0 aliphatic rings. The summed E-state index contributed by atoms with van der Waals surface area (Å²) in [4.78, 5) is 33.2. The van der Waals surface area contributed by atoms with Gasteiger partial charge in [0.25, 0.3) is 0 Å². The van der Waals surface area contributed by atoms with E-state index in [1.54, 1.807) is 13.8 Å². The monoisotopic (exact) mass is 368 g/mol. The second-order valence-electron chi connectivity index (χ2n) is 5.78. The molecule has 3 atom stereocenters. The second-order valence-corrected chi connectivity index (χ2v) is 7.68. The normalized spacial score (nSPS) is 16.4. The number of amides is 1. The van der Waals surface area contributed by atoms with E-state index in [0.717, 1.165) is 0 Å². The van der Waals surface area contributed by atoms with Gasteiger partial charge in [0.15, 0.2) is 6.10 Å². The van der Waals surface area contributed by atoms with Gasteiger partial charge in [-0.3, -0.25) is 13.9 Å². The molecule has 0 rings (SSSR count). The highest BCUT2D eigenvalue weighted by Gasteiger charge is 2.40. The third kappa shape index (κ3) is 8.75. The average molecular weight is 368 g/mol. The summed E-state index contributed by atoms with van der Waals surface area (Å²) in [6.07, 6.45) is -0.285. The zero-order chi connectivity index (χ0) is 18.8. The van der Waals surface area contributed by atoms with Crippen molar-refractivity contribution >= 4 is 19.5 Å². The number of carbonyl (C=O) groups is 2. The smallest absolute Gasteiger partial charge is 0.351 e. The lowest BCUT2D eigenvalue weighted by molar-refractivity contribution is -0.145. The van der Waals surface area contributed by atoms with Crippen LogP contribution < -0.4 is 11.1 Å². The molecule has 0 fully saturated rings. The molecule has 24 heavy (non-hydrogen) atoms. The summed E-state index contributed by atoms with van der Waals surface area (Å²) in [7, 11) is -2.95. The number of aliphatic carboxylic acids is 1. The molecule has 0 aromatic carbocycles. The first-order valence-corrected chi connectivity index (χ1v) is 9.52. The molecule has 0 heterocycles. The maximum absolute atomic E-state index is 12.5. The third-order valence-electron chi connectivity index (χ3n) is 3.30. The van der Waals surface area contributed by atoms with E-state index in [9.17, 15) is 19.0 Å². The minimum absolute atomic E-state index is 0.0264. The Kier molecular flexibility index (Phi) is 11.1. The third-order valence-corrected chi connectivity index (χ3v) is 5.28. The number of rotatable bonds is 13. The predicted molar refractivity (Wildman–Crippen MR) is 88.5 cm³/mol. The summed E-state index contributed by atoms with van der Waals surface area (Å²) in [5.74, 6) is -3.41. The summed E-state index contributed by atoms with van der Waals surface area (Å²) in [6, 6.07) is 0. The van der Waals surface area contributed by atoms with Crippen LogP contribution in [0, 0.1) is 5.92 Å². The van der Waals surface area contributed by atoms with E-state index < -0.39 is 37.3 Å². The second kappa shape index (κ2) is 11.5. The van der Waals surface area contributed by atoms with Crippen LogP contribution in [-0.2, 0) is 23.4 Å². The summed E-state index contributed by atoms with van der Waals surface area (Å²) < 4.78 is 22.3. The largest absolute Gasteiger partial charge is 0.479 e. The fourth-order valence-electron chi connectivity index (χ4n) is 2.00. The molecule has 0 aliphatic heterocycles. The molecule has 1 amide bonds. The van der Waals surface area contributed by atoms with Gasteiger partial charge in [0.2, 0.25) is 5.91 Å². The molecular formula is C14H29N2O7P. The number of methoxy groups -OCH3 is 1. The molecule has 0 saturated heterocycles. The predicted octanol–water partition coefficient (Wildman–Crippen LogP) is 0.905. The van der Waals surface area contributed by atoms with Crippen LogP contribution in [0.2, 0.25) is 0 Å². The highest BCUT2D eigenvalue weighted by molar-refractivity contribution is 7.53. The molecule has 5 N–H and O–H groups in total. The van der Waals surface area contributed by atoms with E-state index >= 15 is 0 Å². The van der Waals surface area contributed by atoms with Crippen LogP contribution in [0.3, 0.4) is 0 Å². The standard InChI is InChI=1S/C14H29N2O7P/c1-10(2)13(16-12(17)7-9-22-3)24(20,21)23-11(14(18)19)6-4-5-8-15/h10-11,13H,4-9,15H2,1-3H3,(H,16,17)(H,18,19)(H,20,21). The van der Waals surface area contributed by atoms with E-state index in [4.69, 9.17) is 20.1 Å². The van der Waals surface area contributed by atoms with Crippen LogP contribution >= 0.6 is 7.60 Å². The summed E-state index contributed by atoms with van der Waals surface area (Å²) in [6.45, 7) is 3.84. The molecule has 0 saturated carbocycles. The molecule has 9 nitrogen and oxygen atoms in total. The minimum atomic E-state index is -4.39. The highest BCUT2D eigenvalue weighted by Crippen LogP contribution is 2.50. The van der Waals surface area contributed by atoms with Crippen molar-refractivity contribution in [2.45, 2.75) is 51.4 Å². The minimum Gasteiger partial charge on any atom is -0.479 e. The topological polar surface area (TPSA) is 148 Å². The lowest BCUT2D eigenvalue weighted by Gasteiger charge is -2.28. The van der Waals surface area contributed by atoms with Crippen LogP contribution in [0.4, 0.5) is 0 Å². The van der Waals surface area contributed by atoms with Gasteiger partial charge in [-0.15, -0.1) is 0 Å². The van der Waals surface area contributed by atoms with Crippen LogP contribution in [0.1, 0.15) is 39.5 Å². The molecule has 142 valence electrons. The average Bonchev–Trinajstić information content (AvgIpc) is 2.49.